The molecule has 3 rings (SSSR count). The summed E-state index contributed by atoms with van der Waals surface area (Å²) in [4.78, 5) is 15.2. The molecule has 1 heterocycles. The van der Waals surface area contributed by atoms with Crippen molar-refractivity contribution in [3.63, 3.8) is 0 Å². The Morgan fingerprint density at radius 1 is 1.19 bits per heavy atom. The number of piperidine rings is 1. The lowest BCUT2D eigenvalue weighted by atomic mass is 9.73. The van der Waals surface area contributed by atoms with E-state index in [1.165, 1.54) is 6.42 Å². The highest BCUT2D eigenvalue weighted by Crippen LogP contribution is 2.41. The van der Waals surface area contributed by atoms with Crippen LogP contribution >= 0.6 is 0 Å². The van der Waals surface area contributed by atoms with Gasteiger partial charge in [0.05, 0.1) is 11.7 Å². The summed E-state index contributed by atoms with van der Waals surface area (Å²) in [6.07, 6.45) is 7.96. The van der Waals surface area contributed by atoms with Gasteiger partial charge in [-0.1, -0.05) is 19.3 Å². The predicted molar refractivity (Wildman–Crippen MR) is 140 cm³/mol. The molecule has 1 saturated heterocycles. The number of methoxy groups -OCH3 is 1. The lowest BCUT2D eigenvalue weighted by molar-refractivity contribution is -0.139. The van der Waals surface area contributed by atoms with Crippen molar-refractivity contribution in [3.8, 4) is 0 Å². The number of carbonyl (C=O) groups excluding carboxylic acids is 1. The maximum Gasteiger partial charge on any atom is 0.223 e. The highest BCUT2D eigenvalue weighted by atomic mass is 19.1. The molecule has 210 valence electrons. The first-order valence-corrected chi connectivity index (χ1v) is 14.1. The van der Waals surface area contributed by atoms with Crippen LogP contribution in [0.3, 0.4) is 0 Å². The number of rotatable bonds is 13. The highest BCUT2D eigenvalue weighted by Gasteiger charge is 2.43. The van der Waals surface area contributed by atoms with Crippen LogP contribution < -0.4 is 5.32 Å². The molecule has 6 nitrogen and oxygen atoms in total. The van der Waals surface area contributed by atoms with Gasteiger partial charge in [0.2, 0.25) is 5.91 Å². The Morgan fingerprint density at radius 3 is 2.65 bits per heavy atom. The Morgan fingerprint density at radius 2 is 1.95 bits per heavy atom. The van der Waals surface area contributed by atoms with E-state index in [9.17, 15) is 23.8 Å². The second-order valence-corrected chi connectivity index (χ2v) is 11.1. The van der Waals surface area contributed by atoms with Crippen LogP contribution in [0.25, 0.3) is 0 Å². The fourth-order valence-electron chi connectivity index (χ4n) is 6.41. The molecule has 1 aromatic carbocycles. The van der Waals surface area contributed by atoms with Crippen LogP contribution in [0, 0.1) is 29.4 Å². The molecule has 0 spiro atoms. The quantitative estimate of drug-likeness (QED) is 0.334. The molecule has 0 bridgehead atoms. The molecule has 1 aromatic rings. The molecule has 1 saturated carbocycles. The summed E-state index contributed by atoms with van der Waals surface area (Å²) in [5.41, 5.74) is -1.63. The van der Waals surface area contributed by atoms with Gasteiger partial charge in [0.1, 0.15) is 11.6 Å². The van der Waals surface area contributed by atoms with Gasteiger partial charge >= 0.3 is 0 Å². The van der Waals surface area contributed by atoms with E-state index >= 15 is 0 Å². The van der Waals surface area contributed by atoms with Gasteiger partial charge < -0.3 is 25.2 Å². The second-order valence-electron chi connectivity index (χ2n) is 11.1. The van der Waals surface area contributed by atoms with Crippen molar-refractivity contribution in [3.05, 3.63) is 35.4 Å². The summed E-state index contributed by atoms with van der Waals surface area (Å²) < 4.78 is 34.2. The third-order valence-electron chi connectivity index (χ3n) is 8.52. The van der Waals surface area contributed by atoms with Crippen molar-refractivity contribution in [2.75, 3.05) is 40.4 Å². The predicted octanol–water partition coefficient (Wildman–Crippen LogP) is 4.37. The Hall–Kier alpha value is -1.61. The number of amides is 1. The van der Waals surface area contributed by atoms with Crippen LogP contribution in [0.5, 0.6) is 0 Å². The minimum absolute atomic E-state index is 0.0370. The summed E-state index contributed by atoms with van der Waals surface area (Å²) in [6.45, 7) is 1.92. The molecule has 0 unspecified atom stereocenters. The van der Waals surface area contributed by atoms with Crippen molar-refractivity contribution in [2.45, 2.75) is 82.3 Å². The number of aliphatic hydroxyl groups is 2. The maximum absolute atomic E-state index is 14.9. The molecule has 0 aromatic heterocycles. The van der Waals surface area contributed by atoms with Gasteiger partial charge in [-0.3, -0.25) is 4.79 Å². The molecule has 0 radical (unpaired) electrons. The first-order valence-electron chi connectivity index (χ1n) is 14.1. The van der Waals surface area contributed by atoms with Gasteiger partial charge in [-0.05, 0) is 76.1 Å². The minimum atomic E-state index is -1.59. The number of nitrogens with one attached hydrogen (secondary N) is 1. The number of hydrogen-bond acceptors (Lipinski definition) is 5. The van der Waals surface area contributed by atoms with Crippen molar-refractivity contribution in [2.24, 2.45) is 17.8 Å². The molecule has 1 amide bonds. The molecule has 8 heteroatoms. The van der Waals surface area contributed by atoms with Gasteiger partial charge in [0, 0.05) is 57.2 Å². The Kier molecular flexibility index (Phi) is 11.7. The zero-order valence-electron chi connectivity index (χ0n) is 22.6. The Balaban J connectivity index is 1.75. The van der Waals surface area contributed by atoms with Gasteiger partial charge in [-0.25, -0.2) is 8.78 Å². The molecule has 2 aliphatic rings. The molecule has 1 aliphatic carbocycles. The van der Waals surface area contributed by atoms with Crippen molar-refractivity contribution >= 4 is 5.91 Å². The summed E-state index contributed by atoms with van der Waals surface area (Å²) in [5.74, 6) is -1.67. The van der Waals surface area contributed by atoms with E-state index in [1.54, 1.807) is 12.0 Å². The molecule has 2 fully saturated rings. The number of ether oxygens (including phenoxy) is 1. The van der Waals surface area contributed by atoms with Crippen molar-refractivity contribution in [1.29, 1.82) is 0 Å². The van der Waals surface area contributed by atoms with E-state index in [0.29, 0.717) is 45.4 Å². The number of halogens is 2. The van der Waals surface area contributed by atoms with E-state index in [1.807, 2.05) is 7.05 Å². The largest absolute Gasteiger partial charge is 0.392 e. The van der Waals surface area contributed by atoms with Crippen molar-refractivity contribution in [1.82, 2.24) is 10.2 Å². The van der Waals surface area contributed by atoms with Crippen LogP contribution in [-0.4, -0.2) is 67.5 Å². The molecule has 37 heavy (non-hydrogen) atoms. The molecular formula is C29H46F2N2O4. The number of hydrogen-bond donors (Lipinski definition) is 3. The average molecular weight is 525 g/mol. The number of aliphatic hydroxyl groups excluding tert-OH is 1. The molecule has 4 atom stereocenters. The van der Waals surface area contributed by atoms with Crippen LogP contribution in [-0.2, 0) is 15.1 Å². The van der Waals surface area contributed by atoms with Gasteiger partial charge in [0.15, 0.2) is 0 Å². The van der Waals surface area contributed by atoms with Gasteiger partial charge in [-0.2, -0.15) is 0 Å². The van der Waals surface area contributed by atoms with E-state index < -0.39 is 29.3 Å². The fourth-order valence-corrected chi connectivity index (χ4v) is 6.41. The van der Waals surface area contributed by atoms with Crippen molar-refractivity contribution < 1.29 is 28.5 Å². The first-order chi connectivity index (χ1) is 17.8. The van der Waals surface area contributed by atoms with E-state index in [2.05, 4.69) is 5.32 Å². The Labute approximate surface area is 220 Å². The highest BCUT2D eigenvalue weighted by molar-refractivity contribution is 5.76. The van der Waals surface area contributed by atoms with Crippen LogP contribution in [0.1, 0.15) is 76.2 Å². The van der Waals surface area contributed by atoms with E-state index in [0.717, 1.165) is 43.9 Å². The SMILES string of the molecule is CNC[C@@H](CC(=O)N1CCC[C@@H]([C@@](O)(CCCCOC)c2cc(F)ccc2F)C1)[C@@H](O)C1CCCCC1. The molecule has 1 aliphatic heterocycles. The smallest absolute Gasteiger partial charge is 0.223 e. The number of benzene rings is 1. The number of nitrogens with zero attached hydrogens (tertiary/aromatic N) is 1. The van der Waals surface area contributed by atoms with Crippen LogP contribution in [0.2, 0.25) is 0 Å². The topological polar surface area (TPSA) is 82.0 Å². The summed E-state index contributed by atoms with van der Waals surface area (Å²) in [7, 11) is 3.44. The fraction of sp³-hybridized carbons (Fsp3) is 0.759. The number of likely N-dealkylation sites (tertiary alicyclic amines) is 1. The second kappa shape index (κ2) is 14.5. The van der Waals surface area contributed by atoms with E-state index in [-0.39, 0.29) is 42.7 Å². The summed E-state index contributed by atoms with van der Waals surface area (Å²) >= 11 is 0. The monoisotopic (exact) mass is 524 g/mol. The molecule has 3 N–H and O–H groups in total. The third kappa shape index (κ3) is 7.94. The number of carbonyl (C=O) groups is 1. The lowest BCUT2D eigenvalue weighted by Crippen LogP contribution is -2.49. The lowest BCUT2D eigenvalue weighted by Gasteiger charge is -2.43. The van der Waals surface area contributed by atoms with E-state index in [4.69, 9.17) is 4.74 Å². The standard InChI is InChI=1S/C29H46F2N2O4/c1-32-19-22(28(35)21-9-4-3-5-10-21)17-27(34)33-15-8-11-23(20-33)29(36,14-6-7-16-37-2)25-18-24(30)12-13-26(25)31/h12-13,18,21-23,28,32,35-36H,3-11,14-17,19-20H2,1-2H3/t22-,23-,28+,29+/m1/s1. The average Bonchev–Trinajstić information content (AvgIpc) is 2.92. The van der Waals surface area contributed by atoms with Crippen LogP contribution in [0.4, 0.5) is 8.78 Å². The minimum Gasteiger partial charge on any atom is -0.392 e. The van der Waals surface area contributed by atoms with Gasteiger partial charge in [0.25, 0.3) is 0 Å². The zero-order chi connectivity index (χ0) is 26.8. The first kappa shape index (κ1) is 29.9. The van der Waals surface area contributed by atoms with Crippen LogP contribution in [0.15, 0.2) is 18.2 Å². The Bertz CT molecular complexity index is 851. The maximum atomic E-state index is 14.9. The van der Waals surface area contributed by atoms with Gasteiger partial charge in [-0.15, -0.1) is 0 Å². The number of unbranched alkanes of at least 4 members (excludes halogenated alkanes) is 1. The normalized spacial score (nSPS) is 22.4. The zero-order valence-corrected chi connectivity index (χ0v) is 22.6. The molecular weight excluding hydrogens is 478 g/mol. The summed E-state index contributed by atoms with van der Waals surface area (Å²) in [6, 6.07) is 3.21. The summed E-state index contributed by atoms with van der Waals surface area (Å²) in [5, 5.41) is 26.1. The third-order valence-corrected chi connectivity index (χ3v) is 8.52.